The lowest BCUT2D eigenvalue weighted by molar-refractivity contribution is -0.173. The summed E-state index contributed by atoms with van der Waals surface area (Å²) >= 11 is 0. The van der Waals surface area contributed by atoms with Crippen LogP contribution in [0.4, 0.5) is 0 Å². The molecule has 1 amide bonds. The second-order valence-electron chi connectivity index (χ2n) is 10.2. The van der Waals surface area contributed by atoms with Gasteiger partial charge in [0, 0.05) is 37.8 Å². The molecule has 32 heavy (non-hydrogen) atoms. The van der Waals surface area contributed by atoms with E-state index in [1.54, 1.807) is 11.8 Å². The Morgan fingerprint density at radius 2 is 2.00 bits per heavy atom. The van der Waals surface area contributed by atoms with Crippen molar-refractivity contribution in [2.75, 3.05) is 26.8 Å². The zero-order valence-corrected chi connectivity index (χ0v) is 19.7. The van der Waals surface area contributed by atoms with Crippen molar-refractivity contribution in [1.82, 2.24) is 14.7 Å². The fourth-order valence-corrected chi connectivity index (χ4v) is 5.77. The standard InChI is InChI=1S/C25H33N3O4/c1-16-19(14-27(4)26-16)23(29)28-10-8-25(9-11-28)13-20-22(31-15-25)18-12-17(30-5)6-7-21(18)32-24(20,2)3/h6-7,12,14,20,22H,8-11,13,15H2,1-5H3/t20-,22+/m0/s1. The van der Waals surface area contributed by atoms with E-state index in [0.717, 1.165) is 61.7 Å². The van der Waals surface area contributed by atoms with Crippen molar-refractivity contribution in [3.05, 3.63) is 41.2 Å². The maximum absolute atomic E-state index is 13.0. The van der Waals surface area contributed by atoms with Crippen LogP contribution in [-0.2, 0) is 11.8 Å². The molecule has 3 aliphatic rings. The molecule has 0 saturated carbocycles. The molecule has 2 fully saturated rings. The van der Waals surface area contributed by atoms with Crippen molar-refractivity contribution in [2.24, 2.45) is 18.4 Å². The molecule has 0 aliphatic carbocycles. The zero-order valence-electron chi connectivity index (χ0n) is 19.7. The van der Waals surface area contributed by atoms with Gasteiger partial charge in [0.05, 0.1) is 31.1 Å². The van der Waals surface area contributed by atoms with Crippen LogP contribution >= 0.6 is 0 Å². The van der Waals surface area contributed by atoms with Gasteiger partial charge in [-0.2, -0.15) is 5.10 Å². The number of hydrogen-bond donors (Lipinski definition) is 0. The van der Waals surface area contributed by atoms with Gasteiger partial charge in [-0.15, -0.1) is 0 Å². The van der Waals surface area contributed by atoms with Crippen LogP contribution in [-0.4, -0.2) is 53.0 Å². The monoisotopic (exact) mass is 439 g/mol. The number of carbonyl (C=O) groups excluding carboxylic acids is 1. The molecule has 2 saturated heterocycles. The van der Waals surface area contributed by atoms with E-state index in [1.807, 2.05) is 37.2 Å². The number of hydrogen-bond acceptors (Lipinski definition) is 5. The van der Waals surface area contributed by atoms with Gasteiger partial charge in [0.1, 0.15) is 17.1 Å². The Morgan fingerprint density at radius 1 is 1.25 bits per heavy atom. The topological polar surface area (TPSA) is 65.8 Å². The molecule has 3 aliphatic heterocycles. The molecule has 7 heteroatoms. The number of aryl methyl sites for hydroxylation is 2. The van der Waals surface area contributed by atoms with Gasteiger partial charge in [0.15, 0.2) is 0 Å². The van der Waals surface area contributed by atoms with E-state index in [1.165, 1.54) is 0 Å². The molecule has 5 rings (SSSR count). The first-order valence-electron chi connectivity index (χ1n) is 11.5. The lowest BCUT2D eigenvalue weighted by Gasteiger charge is -2.54. The summed E-state index contributed by atoms with van der Waals surface area (Å²) in [4.78, 5) is 15.0. The molecule has 0 bridgehead atoms. The number of rotatable bonds is 2. The number of amides is 1. The van der Waals surface area contributed by atoms with Gasteiger partial charge in [-0.05, 0) is 63.6 Å². The lowest BCUT2D eigenvalue weighted by Crippen LogP contribution is -2.54. The van der Waals surface area contributed by atoms with Crippen molar-refractivity contribution >= 4 is 5.91 Å². The molecular weight excluding hydrogens is 406 g/mol. The number of piperidine rings is 1. The minimum atomic E-state index is -0.320. The summed E-state index contributed by atoms with van der Waals surface area (Å²) in [7, 11) is 3.54. The van der Waals surface area contributed by atoms with Crippen LogP contribution in [0.3, 0.4) is 0 Å². The van der Waals surface area contributed by atoms with Crippen molar-refractivity contribution in [3.8, 4) is 11.5 Å². The van der Waals surface area contributed by atoms with Crippen LogP contribution < -0.4 is 9.47 Å². The molecule has 7 nitrogen and oxygen atoms in total. The Balaban J connectivity index is 1.33. The highest BCUT2D eigenvalue weighted by Crippen LogP contribution is 2.56. The van der Waals surface area contributed by atoms with Gasteiger partial charge in [-0.25, -0.2) is 0 Å². The number of ether oxygens (including phenoxy) is 3. The van der Waals surface area contributed by atoms with Crippen LogP contribution in [0, 0.1) is 18.3 Å². The number of carbonyl (C=O) groups is 1. The molecule has 0 unspecified atom stereocenters. The summed E-state index contributed by atoms with van der Waals surface area (Å²) in [6.45, 7) is 8.45. The van der Waals surface area contributed by atoms with Crippen LogP contribution in [0.15, 0.2) is 24.4 Å². The highest BCUT2D eigenvalue weighted by Gasteiger charge is 2.53. The third kappa shape index (κ3) is 3.47. The highest BCUT2D eigenvalue weighted by atomic mass is 16.5. The molecule has 0 radical (unpaired) electrons. The summed E-state index contributed by atoms with van der Waals surface area (Å²) in [6, 6.07) is 5.98. The minimum absolute atomic E-state index is 0.00665. The third-order valence-corrected chi connectivity index (χ3v) is 7.73. The van der Waals surface area contributed by atoms with Crippen molar-refractivity contribution in [1.29, 1.82) is 0 Å². The van der Waals surface area contributed by atoms with E-state index in [2.05, 4.69) is 25.0 Å². The van der Waals surface area contributed by atoms with E-state index in [0.29, 0.717) is 5.56 Å². The number of nitrogens with zero attached hydrogens (tertiary/aromatic N) is 3. The number of aromatic nitrogens is 2. The first-order chi connectivity index (χ1) is 15.2. The fraction of sp³-hybridized carbons (Fsp3) is 0.600. The van der Waals surface area contributed by atoms with Gasteiger partial charge in [0.2, 0.25) is 0 Å². The molecule has 2 aromatic rings. The van der Waals surface area contributed by atoms with Gasteiger partial charge < -0.3 is 19.1 Å². The normalized spacial score (nSPS) is 25.6. The van der Waals surface area contributed by atoms with E-state index < -0.39 is 0 Å². The summed E-state index contributed by atoms with van der Waals surface area (Å²) in [5.74, 6) is 2.05. The van der Waals surface area contributed by atoms with Crippen LogP contribution in [0.5, 0.6) is 11.5 Å². The molecule has 1 aromatic heterocycles. The molecule has 1 aromatic carbocycles. The van der Waals surface area contributed by atoms with Crippen LogP contribution in [0.2, 0.25) is 0 Å². The molecular formula is C25H33N3O4. The predicted octanol–water partition coefficient (Wildman–Crippen LogP) is 3.91. The van der Waals surface area contributed by atoms with Gasteiger partial charge in [0.25, 0.3) is 5.91 Å². The summed E-state index contributed by atoms with van der Waals surface area (Å²) in [6.07, 6.45) is 4.76. The number of fused-ring (bicyclic) bond motifs is 3. The zero-order chi connectivity index (χ0) is 22.7. The quantitative estimate of drug-likeness (QED) is 0.710. The largest absolute Gasteiger partial charge is 0.497 e. The van der Waals surface area contributed by atoms with Gasteiger partial charge >= 0.3 is 0 Å². The Kier molecular flexibility index (Phi) is 5.00. The minimum Gasteiger partial charge on any atom is -0.497 e. The van der Waals surface area contributed by atoms with Crippen LogP contribution in [0.1, 0.15) is 60.8 Å². The Labute approximate surface area is 189 Å². The first-order valence-corrected chi connectivity index (χ1v) is 11.5. The molecule has 2 atom stereocenters. The Bertz CT molecular complexity index is 1040. The van der Waals surface area contributed by atoms with E-state index >= 15 is 0 Å². The smallest absolute Gasteiger partial charge is 0.257 e. The van der Waals surface area contributed by atoms with E-state index in [-0.39, 0.29) is 28.9 Å². The predicted molar refractivity (Wildman–Crippen MR) is 120 cm³/mol. The Morgan fingerprint density at radius 3 is 2.66 bits per heavy atom. The average Bonchev–Trinajstić information content (AvgIpc) is 3.11. The highest BCUT2D eigenvalue weighted by molar-refractivity contribution is 5.95. The second-order valence-corrected chi connectivity index (χ2v) is 10.2. The summed E-state index contributed by atoms with van der Waals surface area (Å²) in [5, 5.41) is 4.33. The average molecular weight is 440 g/mol. The van der Waals surface area contributed by atoms with Crippen molar-refractivity contribution in [2.45, 2.75) is 51.7 Å². The fourth-order valence-electron chi connectivity index (χ4n) is 5.77. The molecule has 172 valence electrons. The van der Waals surface area contributed by atoms with Gasteiger partial charge in [-0.3, -0.25) is 9.48 Å². The van der Waals surface area contributed by atoms with E-state index in [4.69, 9.17) is 14.2 Å². The summed E-state index contributed by atoms with van der Waals surface area (Å²) < 4.78 is 20.2. The van der Waals surface area contributed by atoms with E-state index in [9.17, 15) is 4.79 Å². The maximum atomic E-state index is 13.0. The Hall–Kier alpha value is -2.54. The molecule has 0 N–H and O–H groups in total. The summed E-state index contributed by atoms with van der Waals surface area (Å²) in [5.41, 5.74) is 2.34. The number of benzene rings is 1. The number of methoxy groups -OCH3 is 1. The molecule has 4 heterocycles. The van der Waals surface area contributed by atoms with Crippen LogP contribution in [0.25, 0.3) is 0 Å². The molecule has 1 spiro atoms. The first kappa shape index (κ1) is 21.3. The number of likely N-dealkylation sites (tertiary alicyclic amines) is 1. The third-order valence-electron chi connectivity index (χ3n) is 7.73. The van der Waals surface area contributed by atoms with Gasteiger partial charge in [-0.1, -0.05) is 0 Å². The van der Waals surface area contributed by atoms with Crippen molar-refractivity contribution in [3.63, 3.8) is 0 Å². The van der Waals surface area contributed by atoms with Crippen molar-refractivity contribution < 1.29 is 19.0 Å². The SMILES string of the molecule is COc1ccc2c(c1)[C@H]1OCC3(CCN(C(=O)c4cn(C)nc4C)CC3)C[C@@H]1C(C)(C)O2. The lowest BCUT2D eigenvalue weighted by atomic mass is 9.64. The second kappa shape index (κ2) is 7.51. The maximum Gasteiger partial charge on any atom is 0.257 e.